The lowest BCUT2D eigenvalue weighted by molar-refractivity contribution is -0.128. The minimum atomic E-state index is -0.449. The van der Waals surface area contributed by atoms with Gasteiger partial charge in [0.1, 0.15) is 6.10 Å². The molecule has 3 rings (SSSR count). The Morgan fingerprint density at radius 1 is 1.50 bits per heavy atom. The monoisotopic (exact) mass is 273 g/mol. The molecule has 2 aromatic rings. The average Bonchev–Trinajstić information content (AvgIpc) is 3.03. The lowest BCUT2D eigenvalue weighted by atomic mass is 10.3. The molecule has 1 fully saturated rings. The van der Waals surface area contributed by atoms with E-state index in [2.05, 4.69) is 20.7 Å². The van der Waals surface area contributed by atoms with Gasteiger partial charge in [0.15, 0.2) is 5.82 Å². The second-order valence-corrected chi connectivity index (χ2v) is 4.41. The van der Waals surface area contributed by atoms with Crippen LogP contribution >= 0.6 is 0 Å². The third-order valence-corrected chi connectivity index (χ3v) is 2.97. The van der Waals surface area contributed by atoms with Crippen LogP contribution in [0.2, 0.25) is 0 Å². The molecule has 0 saturated carbocycles. The van der Waals surface area contributed by atoms with E-state index in [1.165, 1.54) is 0 Å². The summed E-state index contributed by atoms with van der Waals surface area (Å²) < 4.78 is 7.04. The first kappa shape index (κ1) is 12.8. The van der Waals surface area contributed by atoms with Crippen LogP contribution in [-0.4, -0.2) is 46.5 Å². The number of carbonyl (C=O) groups is 1. The Hall–Kier alpha value is -2.25. The smallest absolute Gasteiger partial charge is 0.254 e. The number of hydrogen-bond acceptors (Lipinski definition) is 5. The summed E-state index contributed by atoms with van der Waals surface area (Å²) >= 11 is 0. The highest BCUT2D eigenvalue weighted by Crippen LogP contribution is 2.10. The maximum absolute atomic E-state index is 12.0. The number of pyridine rings is 1. The molecule has 3 heterocycles. The molecule has 1 aliphatic heterocycles. The van der Waals surface area contributed by atoms with Gasteiger partial charge in [-0.3, -0.25) is 4.79 Å². The Labute approximate surface area is 116 Å². The quantitative estimate of drug-likeness (QED) is 0.834. The number of nitrogens with zero attached hydrogens (tertiary/aromatic N) is 3. The summed E-state index contributed by atoms with van der Waals surface area (Å²) in [6, 6.07) is 5.41. The molecule has 0 bridgehead atoms. The van der Waals surface area contributed by atoms with E-state index in [0.717, 1.165) is 6.54 Å². The van der Waals surface area contributed by atoms with E-state index in [0.29, 0.717) is 24.7 Å². The zero-order valence-corrected chi connectivity index (χ0v) is 10.8. The van der Waals surface area contributed by atoms with Crippen LogP contribution in [0.25, 0.3) is 5.82 Å². The summed E-state index contributed by atoms with van der Waals surface area (Å²) in [4.78, 5) is 16.2. The fraction of sp³-hybridized carbons (Fsp3) is 0.308. The zero-order valence-electron chi connectivity index (χ0n) is 10.8. The lowest BCUT2D eigenvalue weighted by Gasteiger charge is -2.22. The van der Waals surface area contributed by atoms with Gasteiger partial charge in [-0.25, -0.2) is 9.67 Å². The predicted octanol–water partition coefficient (Wildman–Crippen LogP) is 0.194. The van der Waals surface area contributed by atoms with Crippen LogP contribution in [0.5, 0.6) is 0 Å². The molecular weight excluding hydrogens is 258 g/mol. The SMILES string of the molecule is O=C(Nc1ccc(-n2cccn2)nc1)C1CNCCO1. The summed E-state index contributed by atoms with van der Waals surface area (Å²) in [7, 11) is 0. The molecule has 7 heteroatoms. The Balaban J connectivity index is 1.64. The van der Waals surface area contributed by atoms with Gasteiger partial charge in [0.25, 0.3) is 5.91 Å². The van der Waals surface area contributed by atoms with E-state index in [4.69, 9.17) is 4.74 Å². The normalized spacial score (nSPS) is 18.7. The Morgan fingerprint density at radius 2 is 2.45 bits per heavy atom. The first-order valence-corrected chi connectivity index (χ1v) is 6.42. The molecule has 2 N–H and O–H groups in total. The molecule has 1 amide bonds. The van der Waals surface area contributed by atoms with Crippen molar-refractivity contribution in [1.29, 1.82) is 0 Å². The summed E-state index contributed by atoms with van der Waals surface area (Å²) in [5.74, 6) is 0.537. The number of morpholine rings is 1. The van der Waals surface area contributed by atoms with E-state index in [1.54, 1.807) is 29.2 Å². The van der Waals surface area contributed by atoms with Gasteiger partial charge in [-0.05, 0) is 18.2 Å². The molecule has 7 nitrogen and oxygen atoms in total. The molecule has 0 aliphatic carbocycles. The third kappa shape index (κ3) is 2.84. The van der Waals surface area contributed by atoms with E-state index in [9.17, 15) is 4.79 Å². The maximum Gasteiger partial charge on any atom is 0.254 e. The van der Waals surface area contributed by atoms with E-state index in [1.807, 2.05) is 12.3 Å². The van der Waals surface area contributed by atoms with Crippen molar-refractivity contribution >= 4 is 11.6 Å². The Morgan fingerprint density at radius 3 is 3.10 bits per heavy atom. The van der Waals surface area contributed by atoms with Gasteiger partial charge in [-0.15, -0.1) is 0 Å². The van der Waals surface area contributed by atoms with Crippen molar-refractivity contribution in [1.82, 2.24) is 20.1 Å². The molecule has 0 aromatic carbocycles. The molecule has 104 valence electrons. The molecule has 0 spiro atoms. The van der Waals surface area contributed by atoms with Crippen molar-refractivity contribution in [3.8, 4) is 5.82 Å². The van der Waals surface area contributed by atoms with Gasteiger partial charge in [0.2, 0.25) is 0 Å². The summed E-state index contributed by atoms with van der Waals surface area (Å²) in [6.07, 6.45) is 4.65. The average molecular weight is 273 g/mol. The molecule has 2 aromatic heterocycles. The number of rotatable bonds is 3. The van der Waals surface area contributed by atoms with Crippen LogP contribution in [0.3, 0.4) is 0 Å². The topological polar surface area (TPSA) is 81.1 Å². The maximum atomic E-state index is 12.0. The zero-order chi connectivity index (χ0) is 13.8. The molecular formula is C13H15N5O2. The van der Waals surface area contributed by atoms with Gasteiger partial charge in [0.05, 0.1) is 18.5 Å². The van der Waals surface area contributed by atoms with Crippen LogP contribution < -0.4 is 10.6 Å². The highest BCUT2D eigenvalue weighted by atomic mass is 16.5. The van der Waals surface area contributed by atoms with Gasteiger partial charge in [-0.1, -0.05) is 0 Å². The van der Waals surface area contributed by atoms with Crippen LogP contribution in [0, 0.1) is 0 Å². The van der Waals surface area contributed by atoms with Crippen LogP contribution in [-0.2, 0) is 9.53 Å². The molecule has 1 atom stereocenters. The fourth-order valence-corrected chi connectivity index (χ4v) is 1.96. The first-order chi connectivity index (χ1) is 9.83. The first-order valence-electron chi connectivity index (χ1n) is 6.42. The van der Waals surface area contributed by atoms with E-state index in [-0.39, 0.29) is 5.91 Å². The lowest BCUT2D eigenvalue weighted by Crippen LogP contribution is -2.45. The van der Waals surface area contributed by atoms with Gasteiger partial charge in [-0.2, -0.15) is 5.10 Å². The highest BCUT2D eigenvalue weighted by molar-refractivity contribution is 5.94. The van der Waals surface area contributed by atoms with Crippen LogP contribution in [0.15, 0.2) is 36.8 Å². The number of carbonyl (C=O) groups excluding carboxylic acids is 1. The van der Waals surface area contributed by atoms with Gasteiger partial charge in [0, 0.05) is 25.5 Å². The van der Waals surface area contributed by atoms with E-state index >= 15 is 0 Å². The van der Waals surface area contributed by atoms with Crippen molar-refractivity contribution in [2.24, 2.45) is 0 Å². The van der Waals surface area contributed by atoms with Crippen molar-refractivity contribution in [2.45, 2.75) is 6.10 Å². The Kier molecular flexibility index (Phi) is 3.71. The van der Waals surface area contributed by atoms with Crippen LogP contribution in [0.1, 0.15) is 0 Å². The van der Waals surface area contributed by atoms with Crippen molar-refractivity contribution in [3.63, 3.8) is 0 Å². The van der Waals surface area contributed by atoms with Crippen molar-refractivity contribution < 1.29 is 9.53 Å². The number of anilines is 1. The molecule has 20 heavy (non-hydrogen) atoms. The number of aromatic nitrogens is 3. The number of ether oxygens (including phenoxy) is 1. The van der Waals surface area contributed by atoms with Crippen LogP contribution in [0.4, 0.5) is 5.69 Å². The fourth-order valence-electron chi connectivity index (χ4n) is 1.96. The molecule has 1 saturated heterocycles. The Bertz CT molecular complexity index is 561. The number of hydrogen-bond donors (Lipinski definition) is 2. The number of nitrogens with one attached hydrogen (secondary N) is 2. The standard InChI is InChI=1S/C13H15N5O2/c19-13(11-9-14-5-7-20-11)17-10-2-3-12(15-8-10)18-6-1-4-16-18/h1-4,6,8,11,14H,5,7,9H2,(H,17,19). The molecule has 1 unspecified atom stereocenters. The largest absolute Gasteiger partial charge is 0.366 e. The third-order valence-electron chi connectivity index (χ3n) is 2.97. The highest BCUT2D eigenvalue weighted by Gasteiger charge is 2.21. The summed E-state index contributed by atoms with van der Waals surface area (Å²) in [5.41, 5.74) is 0.639. The number of amides is 1. The summed E-state index contributed by atoms with van der Waals surface area (Å²) in [6.45, 7) is 1.86. The van der Waals surface area contributed by atoms with E-state index < -0.39 is 6.10 Å². The minimum Gasteiger partial charge on any atom is -0.366 e. The summed E-state index contributed by atoms with van der Waals surface area (Å²) in [5, 5.41) is 9.99. The predicted molar refractivity (Wildman–Crippen MR) is 72.6 cm³/mol. The van der Waals surface area contributed by atoms with Crippen molar-refractivity contribution in [2.75, 3.05) is 25.0 Å². The minimum absolute atomic E-state index is 0.161. The second kappa shape index (κ2) is 5.81. The van der Waals surface area contributed by atoms with Gasteiger partial charge >= 0.3 is 0 Å². The van der Waals surface area contributed by atoms with Gasteiger partial charge < -0.3 is 15.4 Å². The second-order valence-electron chi connectivity index (χ2n) is 4.41. The molecule has 0 radical (unpaired) electrons. The molecule has 1 aliphatic rings. The van der Waals surface area contributed by atoms with Crippen molar-refractivity contribution in [3.05, 3.63) is 36.8 Å².